The van der Waals surface area contributed by atoms with Crippen molar-refractivity contribution >= 4 is 33.3 Å². The van der Waals surface area contributed by atoms with E-state index < -0.39 is 0 Å². The Balaban J connectivity index is 1.41. The summed E-state index contributed by atoms with van der Waals surface area (Å²) in [4.78, 5) is 4.75. The smallest absolute Gasteiger partial charge is 0.136 e. The van der Waals surface area contributed by atoms with E-state index >= 15 is 0 Å². The molecule has 0 fully saturated rings. The Morgan fingerprint density at radius 1 is 0.711 bits per heavy atom. The first kappa shape index (κ1) is 22.8. The minimum absolute atomic E-state index is 0.227. The van der Waals surface area contributed by atoms with Crippen LogP contribution in [0.2, 0.25) is 0 Å². The average molecular weight is 495 g/mol. The number of nitrogens with zero attached hydrogens (tertiary/aromatic N) is 1. The van der Waals surface area contributed by atoms with Gasteiger partial charge in [0.2, 0.25) is 0 Å². The Kier molecular flexibility index (Phi) is 4.99. The van der Waals surface area contributed by atoms with Crippen molar-refractivity contribution < 1.29 is 4.42 Å². The summed E-state index contributed by atoms with van der Waals surface area (Å²) in [6.45, 7) is 9.05. The maximum atomic E-state index is 6.24. The fourth-order valence-corrected chi connectivity index (χ4v) is 5.85. The Morgan fingerprint density at radius 3 is 2.32 bits per heavy atom. The molecule has 1 aliphatic rings. The van der Waals surface area contributed by atoms with Crippen molar-refractivity contribution in [3.8, 4) is 33.5 Å². The summed E-state index contributed by atoms with van der Waals surface area (Å²) in [5.74, 6) is 0. The van der Waals surface area contributed by atoms with Crippen molar-refractivity contribution in [2.45, 2.75) is 34.1 Å². The van der Waals surface area contributed by atoms with E-state index in [0.29, 0.717) is 0 Å². The van der Waals surface area contributed by atoms with E-state index in [-0.39, 0.29) is 5.41 Å². The van der Waals surface area contributed by atoms with Crippen molar-refractivity contribution in [1.29, 1.82) is 0 Å². The van der Waals surface area contributed by atoms with E-state index in [1.807, 2.05) is 18.3 Å². The summed E-state index contributed by atoms with van der Waals surface area (Å²) in [6, 6.07) is 30.3. The highest BCUT2D eigenvalue weighted by Crippen LogP contribution is 2.46. The van der Waals surface area contributed by atoms with E-state index in [2.05, 4.69) is 106 Å². The van der Waals surface area contributed by atoms with Crippen molar-refractivity contribution in [2.24, 2.45) is 5.41 Å². The van der Waals surface area contributed by atoms with Gasteiger partial charge in [0.25, 0.3) is 0 Å². The molecule has 3 nitrogen and oxygen atoms in total. The third kappa shape index (κ3) is 3.78. The number of hydrogen-bond donors (Lipinski definition) is 1. The Bertz CT molecular complexity index is 1870. The molecule has 0 amide bonds. The normalized spacial score (nSPS) is 12.5. The molecule has 0 radical (unpaired) electrons. The second-order valence-corrected chi connectivity index (χ2v) is 11.6. The SMILES string of the molecule is Cc1c2cccc1-c1cc3oc4ccccc4c3cc1Nc1ccc(-c3cc(CC(C)(C)C)ccn3)cc1-2. The second-order valence-electron chi connectivity index (χ2n) is 11.6. The zero-order chi connectivity index (χ0) is 26.0. The van der Waals surface area contributed by atoms with Crippen LogP contribution in [0.25, 0.3) is 55.4 Å². The van der Waals surface area contributed by atoms with Gasteiger partial charge in [-0.05, 0) is 83.5 Å². The first-order chi connectivity index (χ1) is 18.3. The van der Waals surface area contributed by atoms with Crippen LogP contribution >= 0.6 is 0 Å². The van der Waals surface area contributed by atoms with E-state index in [1.54, 1.807) is 0 Å². The Labute approximate surface area is 223 Å². The molecule has 6 aromatic rings. The molecule has 1 N–H and O–H groups in total. The van der Waals surface area contributed by atoms with E-state index in [0.717, 1.165) is 56.6 Å². The third-order valence-electron chi connectivity index (χ3n) is 7.57. The monoisotopic (exact) mass is 494 g/mol. The molecule has 0 atom stereocenters. The number of anilines is 2. The van der Waals surface area contributed by atoms with Crippen LogP contribution in [0, 0.1) is 12.3 Å². The maximum absolute atomic E-state index is 6.24. The lowest BCUT2D eigenvalue weighted by Gasteiger charge is -2.23. The summed E-state index contributed by atoms with van der Waals surface area (Å²) in [7, 11) is 0. The minimum Gasteiger partial charge on any atom is -0.456 e. The number of benzene rings is 4. The highest BCUT2D eigenvalue weighted by Gasteiger charge is 2.21. The standard InChI is InChI=1S/C35H30N2O/c1-21-24-9-7-10-25(21)28-19-34-29(26-8-5-6-11-33(26)38-34)18-32(28)37-30-13-12-23(17-27(24)30)31-16-22(14-15-36-31)20-35(2,3)4/h5-19,37H,20H2,1-4H3. The highest BCUT2D eigenvalue weighted by molar-refractivity contribution is 6.09. The number of aromatic nitrogens is 1. The molecule has 0 spiro atoms. The number of rotatable bonds is 2. The van der Waals surface area contributed by atoms with Crippen LogP contribution < -0.4 is 5.32 Å². The number of pyridine rings is 1. The van der Waals surface area contributed by atoms with Crippen LogP contribution in [0.4, 0.5) is 11.4 Å². The van der Waals surface area contributed by atoms with Crippen LogP contribution in [-0.2, 0) is 6.42 Å². The first-order valence-corrected chi connectivity index (χ1v) is 13.3. The summed E-state index contributed by atoms with van der Waals surface area (Å²) < 4.78 is 6.24. The highest BCUT2D eigenvalue weighted by atomic mass is 16.3. The Morgan fingerprint density at radius 2 is 1.50 bits per heavy atom. The van der Waals surface area contributed by atoms with Gasteiger partial charge in [-0.1, -0.05) is 63.2 Å². The largest absolute Gasteiger partial charge is 0.456 e. The zero-order valence-corrected chi connectivity index (χ0v) is 22.2. The molecular formula is C35H30N2O. The summed E-state index contributed by atoms with van der Waals surface area (Å²) in [6.07, 6.45) is 2.96. The molecule has 0 unspecified atom stereocenters. The van der Waals surface area contributed by atoms with Crippen molar-refractivity contribution in [3.05, 3.63) is 102 Å². The molecule has 1 aliphatic heterocycles. The molecule has 186 valence electrons. The number of hydrogen-bond acceptors (Lipinski definition) is 3. The molecule has 2 bridgehead atoms. The Hall–Kier alpha value is -4.37. The molecule has 0 aliphatic carbocycles. The van der Waals surface area contributed by atoms with Gasteiger partial charge in [0, 0.05) is 45.0 Å². The summed E-state index contributed by atoms with van der Waals surface area (Å²) in [5.41, 5.74) is 13.7. The van der Waals surface area contributed by atoms with Crippen molar-refractivity contribution in [2.75, 3.05) is 5.32 Å². The summed E-state index contributed by atoms with van der Waals surface area (Å²) in [5, 5.41) is 6.05. The number of nitrogens with one attached hydrogen (secondary N) is 1. The number of fused-ring (bicyclic) bond motifs is 9. The molecule has 0 saturated heterocycles. The molecule has 4 aromatic carbocycles. The molecule has 3 heterocycles. The first-order valence-electron chi connectivity index (χ1n) is 13.3. The fraction of sp³-hybridized carbons (Fsp3) is 0.171. The molecular weight excluding hydrogens is 464 g/mol. The van der Waals surface area contributed by atoms with Crippen LogP contribution in [0.3, 0.4) is 0 Å². The zero-order valence-electron chi connectivity index (χ0n) is 22.2. The van der Waals surface area contributed by atoms with Crippen LogP contribution in [0.5, 0.6) is 0 Å². The fourth-order valence-electron chi connectivity index (χ4n) is 5.85. The van der Waals surface area contributed by atoms with Crippen LogP contribution in [-0.4, -0.2) is 4.98 Å². The van der Waals surface area contributed by atoms with Gasteiger partial charge in [-0.2, -0.15) is 0 Å². The molecule has 38 heavy (non-hydrogen) atoms. The number of furan rings is 1. The summed E-state index contributed by atoms with van der Waals surface area (Å²) >= 11 is 0. The predicted molar refractivity (Wildman–Crippen MR) is 159 cm³/mol. The van der Waals surface area contributed by atoms with E-state index in [9.17, 15) is 0 Å². The number of para-hydroxylation sites is 1. The third-order valence-corrected chi connectivity index (χ3v) is 7.57. The van der Waals surface area contributed by atoms with E-state index in [1.165, 1.54) is 27.8 Å². The molecule has 7 rings (SSSR count). The average Bonchev–Trinajstić information content (AvgIpc) is 3.25. The maximum Gasteiger partial charge on any atom is 0.136 e. The molecule has 3 heteroatoms. The van der Waals surface area contributed by atoms with Gasteiger partial charge in [0.1, 0.15) is 11.2 Å². The van der Waals surface area contributed by atoms with Crippen LogP contribution in [0.15, 0.2) is 95.5 Å². The van der Waals surface area contributed by atoms with Gasteiger partial charge < -0.3 is 9.73 Å². The van der Waals surface area contributed by atoms with Crippen molar-refractivity contribution in [1.82, 2.24) is 4.98 Å². The van der Waals surface area contributed by atoms with Gasteiger partial charge >= 0.3 is 0 Å². The van der Waals surface area contributed by atoms with Gasteiger partial charge in [-0.15, -0.1) is 0 Å². The van der Waals surface area contributed by atoms with Crippen LogP contribution in [0.1, 0.15) is 31.9 Å². The molecule has 0 saturated carbocycles. The molecule has 2 aromatic heterocycles. The van der Waals surface area contributed by atoms with Gasteiger partial charge in [0.15, 0.2) is 0 Å². The van der Waals surface area contributed by atoms with Crippen molar-refractivity contribution in [3.63, 3.8) is 0 Å². The predicted octanol–water partition coefficient (Wildman–Crippen LogP) is 9.94. The second kappa shape index (κ2) is 8.32. The van der Waals surface area contributed by atoms with Gasteiger partial charge in [0.05, 0.1) is 5.69 Å². The minimum atomic E-state index is 0.227. The lowest BCUT2D eigenvalue weighted by atomic mass is 9.87. The topological polar surface area (TPSA) is 38.1 Å². The lowest BCUT2D eigenvalue weighted by molar-refractivity contribution is 0.411. The quantitative estimate of drug-likeness (QED) is 0.260. The van der Waals surface area contributed by atoms with Gasteiger partial charge in [-0.25, -0.2) is 0 Å². The van der Waals surface area contributed by atoms with E-state index in [4.69, 9.17) is 9.40 Å². The van der Waals surface area contributed by atoms with Gasteiger partial charge in [-0.3, -0.25) is 4.98 Å². The lowest BCUT2D eigenvalue weighted by Crippen LogP contribution is -2.09.